The van der Waals surface area contributed by atoms with E-state index in [0.29, 0.717) is 5.82 Å². The molecule has 0 saturated heterocycles. The van der Waals surface area contributed by atoms with Gasteiger partial charge in [-0.05, 0) is 58.8 Å². The number of halogens is 1. The minimum absolute atomic E-state index is 0.225. The molecule has 216 valence electrons. The van der Waals surface area contributed by atoms with E-state index < -0.39 is 0 Å². The molecular formula is C38H21ClN6S. The summed E-state index contributed by atoms with van der Waals surface area (Å²) < 4.78 is 2.15. The summed E-state index contributed by atoms with van der Waals surface area (Å²) in [5.41, 5.74) is 7.81. The minimum atomic E-state index is 0.225. The summed E-state index contributed by atoms with van der Waals surface area (Å²) in [6.07, 6.45) is 5.42. The minimum Gasteiger partial charge on any atom is -0.264 e. The highest BCUT2D eigenvalue weighted by Gasteiger charge is 2.17. The number of benzene rings is 4. The van der Waals surface area contributed by atoms with Crippen molar-refractivity contribution in [2.45, 2.75) is 0 Å². The molecule has 5 aromatic heterocycles. The third-order valence-electron chi connectivity index (χ3n) is 8.18. The summed E-state index contributed by atoms with van der Waals surface area (Å²) >= 11 is 8.11. The third kappa shape index (κ3) is 4.48. The Morgan fingerprint density at radius 2 is 1.33 bits per heavy atom. The van der Waals surface area contributed by atoms with Crippen molar-refractivity contribution in [1.82, 2.24) is 29.9 Å². The van der Waals surface area contributed by atoms with Crippen LogP contribution in [0.15, 0.2) is 128 Å². The van der Waals surface area contributed by atoms with Crippen LogP contribution in [0.3, 0.4) is 0 Å². The fourth-order valence-corrected chi connectivity index (χ4v) is 7.36. The van der Waals surface area contributed by atoms with E-state index in [-0.39, 0.29) is 5.28 Å². The monoisotopic (exact) mass is 628 g/mol. The Morgan fingerprint density at radius 1 is 0.565 bits per heavy atom. The quantitative estimate of drug-likeness (QED) is 0.143. The van der Waals surface area contributed by atoms with Gasteiger partial charge in [0.1, 0.15) is 0 Å². The van der Waals surface area contributed by atoms with Crippen LogP contribution in [0.1, 0.15) is 0 Å². The number of aromatic nitrogens is 6. The van der Waals surface area contributed by atoms with Crippen molar-refractivity contribution in [3.05, 3.63) is 133 Å². The number of pyridine rings is 2. The van der Waals surface area contributed by atoms with E-state index in [2.05, 4.69) is 63.5 Å². The maximum atomic E-state index is 6.44. The Hall–Kier alpha value is -5.63. The van der Waals surface area contributed by atoms with E-state index in [0.717, 1.165) is 81.3 Å². The lowest BCUT2D eigenvalue weighted by Gasteiger charge is -2.13. The summed E-state index contributed by atoms with van der Waals surface area (Å²) in [5, 5.41) is 4.67. The van der Waals surface area contributed by atoms with E-state index in [1.807, 2.05) is 73.1 Å². The second kappa shape index (κ2) is 10.8. The first kappa shape index (κ1) is 26.7. The van der Waals surface area contributed by atoms with Crippen molar-refractivity contribution >= 4 is 64.9 Å². The Balaban J connectivity index is 1.22. The Labute approximate surface area is 272 Å². The molecule has 9 rings (SSSR count). The van der Waals surface area contributed by atoms with Crippen molar-refractivity contribution in [1.29, 1.82) is 0 Å². The van der Waals surface area contributed by atoms with Gasteiger partial charge in [0.05, 0.1) is 32.8 Å². The zero-order valence-electron chi connectivity index (χ0n) is 24.1. The lowest BCUT2D eigenvalue weighted by atomic mass is 9.98. The van der Waals surface area contributed by atoms with Gasteiger partial charge in [0, 0.05) is 56.3 Å². The highest BCUT2D eigenvalue weighted by atomic mass is 35.5. The molecule has 0 amide bonds. The van der Waals surface area contributed by atoms with Crippen LogP contribution in [0, 0.1) is 0 Å². The maximum absolute atomic E-state index is 6.44. The first-order valence-corrected chi connectivity index (χ1v) is 15.9. The summed E-state index contributed by atoms with van der Waals surface area (Å²) in [6, 6.07) is 37.0. The van der Waals surface area contributed by atoms with Crippen LogP contribution in [0.2, 0.25) is 5.28 Å². The molecule has 0 aliphatic rings. The van der Waals surface area contributed by atoms with Crippen LogP contribution >= 0.6 is 22.9 Å². The van der Waals surface area contributed by atoms with Gasteiger partial charge in [0.25, 0.3) is 0 Å². The molecule has 4 aromatic carbocycles. The van der Waals surface area contributed by atoms with Crippen molar-refractivity contribution in [3.8, 4) is 45.2 Å². The molecule has 8 heteroatoms. The van der Waals surface area contributed by atoms with Crippen LogP contribution in [0.25, 0.3) is 87.1 Å². The molecule has 9 aromatic rings. The zero-order valence-corrected chi connectivity index (χ0v) is 25.7. The average molecular weight is 629 g/mol. The number of nitrogens with zero attached hydrogens (tertiary/aromatic N) is 6. The Morgan fingerprint density at radius 3 is 2.20 bits per heavy atom. The molecule has 0 fully saturated rings. The van der Waals surface area contributed by atoms with Crippen LogP contribution in [0.4, 0.5) is 0 Å². The largest absolute Gasteiger partial charge is 0.264 e. The fourth-order valence-electron chi connectivity index (χ4n) is 6.04. The lowest BCUT2D eigenvalue weighted by molar-refractivity contribution is 1.18. The van der Waals surface area contributed by atoms with Crippen LogP contribution < -0.4 is 0 Å². The SMILES string of the molecule is Clc1nc(-c2ccc(-c3nc(-c4cccnc4)cc(-c4cc5ccccc5c5cccnc45)n3)cc2)c2sc3ccccc3c2n1. The van der Waals surface area contributed by atoms with Crippen LogP contribution in [0.5, 0.6) is 0 Å². The number of fused-ring (bicyclic) bond motifs is 6. The van der Waals surface area contributed by atoms with Crippen molar-refractivity contribution < 1.29 is 0 Å². The molecule has 0 atom stereocenters. The van der Waals surface area contributed by atoms with E-state index in [1.54, 1.807) is 17.5 Å². The van der Waals surface area contributed by atoms with Gasteiger partial charge in [-0.1, -0.05) is 72.8 Å². The molecule has 0 bridgehead atoms. The first-order valence-electron chi connectivity index (χ1n) is 14.7. The standard InChI is InChI=1S/C38H21ClN6S/c39-38-44-33(36-35(45-38)28-10-3-4-12-32(28)46-36)22-13-15-23(16-14-22)37-42-30(25-8-5-17-40-21-25)20-31(43-37)29-19-24-7-1-2-9-26(24)27-11-6-18-41-34(27)29/h1-21H. The molecule has 0 radical (unpaired) electrons. The lowest BCUT2D eigenvalue weighted by Crippen LogP contribution is -1.97. The van der Waals surface area contributed by atoms with Gasteiger partial charge >= 0.3 is 0 Å². The van der Waals surface area contributed by atoms with Gasteiger partial charge in [0.2, 0.25) is 5.28 Å². The summed E-state index contributed by atoms with van der Waals surface area (Å²) in [7, 11) is 0. The summed E-state index contributed by atoms with van der Waals surface area (Å²) in [4.78, 5) is 28.5. The van der Waals surface area contributed by atoms with E-state index >= 15 is 0 Å². The molecule has 0 saturated carbocycles. The van der Waals surface area contributed by atoms with E-state index in [1.165, 1.54) is 0 Å². The summed E-state index contributed by atoms with van der Waals surface area (Å²) in [6.45, 7) is 0. The Kier molecular flexibility index (Phi) is 6.26. The third-order valence-corrected chi connectivity index (χ3v) is 9.52. The highest BCUT2D eigenvalue weighted by Crippen LogP contribution is 2.39. The van der Waals surface area contributed by atoms with Crippen LogP contribution in [-0.2, 0) is 0 Å². The first-order chi connectivity index (χ1) is 22.7. The fraction of sp³-hybridized carbons (Fsp3) is 0. The maximum Gasteiger partial charge on any atom is 0.223 e. The van der Waals surface area contributed by atoms with Crippen molar-refractivity contribution in [2.75, 3.05) is 0 Å². The van der Waals surface area contributed by atoms with E-state index in [4.69, 9.17) is 26.6 Å². The molecule has 0 spiro atoms. The summed E-state index contributed by atoms with van der Waals surface area (Å²) in [5.74, 6) is 0.605. The number of thiophene rings is 1. The molecule has 0 unspecified atom stereocenters. The molecular weight excluding hydrogens is 608 g/mol. The topological polar surface area (TPSA) is 77.3 Å². The van der Waals surface area contributed by atoms with Crippen molar-refractivity contribution in [3.63, 3.8) is 0 Å². The second-order valence-corrected chi connectivity index (χ2v) is 12.3. The molecule has 0 aliphatic heterocycles. The van der Waals surface area contributed by atoms with Gasteiger partial charge in [-0.15, -0.1) is 11.3 Å². The zero-order chi connectivity index (χ0) is 30.6. The van der Waals surface area contributed by atoms with Crippen LogP contribution in [-0.4, -0.2) is 29.9 Å². The molecule has 5 heterocycles. The molecule has 0 aliphatic carbocycles. The average Bonchev–Trinajstić information content (AvgIpc) is 3.49. The normalized spacial score (nSPS) is 11.6. The van der Waals surface area contributed by atoms with Gasteiger partial charge < -0.3 is 0 Å². The molecule has 46 heavy (non-hydrogen) atoms. The predicted molar refractivity (Wildman–Crippen MR) is 188 cm³/mol. The van der Waals surface area contributed by atoms with Crippen molar-refractivity contribution in [2.24, 2.45) is 0 Å². The number of rotatable bonds is 4. The van der Waals surface area contributed by atoms with E-state index in [9.17, 15) is 0 Å². The second-order valence-electron chi connectivity index (χ2n) is 10.9. The predicted octanol–water partition coefficient (Wildman–Crippen LogP) is 10.1. The van der Waals surface area contributed by atoms with Gasteiger partial charge in [0.15, 0.2) is 5.82 Å². The smallest absolute Gasteiger partial charge is 0.223 e. The molecule has 6 nitrogen and oxygen atoms in total. The van der Waals surface area contributed by atoms with Gasteiger partial charge in [-0.25, -0.2) is 19.9 Å². The number of hydrogen-bond donors (Lipinski definition) is 0. The van der Waals surface area contributed by atoms with Gasteiger partial charge in [-0.2, -0.15) is 0 Å². The molecule has 0 N–H and O–H groups in total. The number of hydrogen-bond acceptors (Lipinski definition) is 7. The Bertz CT molecular complexity index is 2600. The van der Waals surface area contributed by atoms with Gasteiger partial charge in [-0.3, -0.25) is 9.97 Å². The highest BCUT2D eigenvalue weighted by molar-refractivity contribution is 7.26.